The van der Waals surface area contributed by atoms with Gasteiger partial charge in [0.1, 0.15) is 0 Å². The summed E-state index contributed by atoms with van der Waals surface area (Å²) in [6.07, 6.45) is 2.82. The number of amides is 1. The van der Waals surface area contributed by atoms with Crippen LogP contribution in [0.1, 0.15) is 39.5 Å². The fourth-order valence-corrected chi connectivity index (χ4v) is 4.80. The molecule has 2 heterocycles. The van der Waals surface area contributed by atoms with Gasteiger partial charge < -0.3 is 16.4 Å². The lowest BCUT2D eigenvalue weighted by Gasteiger charge is -2.31. The van der Waals surface area contributed by atoms with Gasteiger partial charge in [0.25, 0.3) is 0 Å². The molecule has 0 bridgehead atoms. The van der Waals surface area contributed by atoms with E-state index in [0.29, 0.717) is 6.54 Å². The number of primary amides is 1. The van der Waals surface area contributed by atoms with Gasteiger partial charge in [0.15, 0.2) is 5.96 Å². The van der Waals surface area contributed by atoms with Gasteiger partial charge >= 0.3 is 0 Å². The van der Waals surface area contributed by atoms with Gasteiger partial charge in [-0.2, -0.15) is 0 Å². The predicted molar refractivity (Wildman–Crippen MR) is 127 cm³/mol. The molecule has 1 aromatic carbocycles. The summed E-state index contributed by atoms with van der Waals surface area (Å²) in [7, 11) is 1.79. The number of thiazole rings is 1. The van der Waals surface area contributed by atoms with E-state index in [0.717, 1.165) is 62.1 Å². The van der Waals surface area contributed by atoms with E-state index in [2.05, 4.69) is 63.6 Å². The molecular weight excluding hydrogens is 408 g/mol. The molecule has 8 heteroatoms. The standard InChI is InChI=1S/C23H34N6OS/c1-16-17(2)31-21(28-16)9-10-26-23(25-3)27-13-18-6-4-7-19(12-18)14-29-11-5-8-20(15-29)22(24)30/h4,6-7,12,20H,5,8-11,13-15H2,1-3H3,(H2,24,30)(H2,25,26,27). The summed E-state index contributed by atoms with van der Waals surface area (Å²) in [5.74, 6) is 0.586. The van der Waals surface area contributed by atoms with Crippen LogP contribution >= 0.6 is 11.3 Å². The second kappa shape index (κ2) is 11.2. The van der Waals surface area contributed by atoms with Crippen molar-refractivity contribution in [1.82, 2.24) is 20.5 Å². The number of nitrogens with two attached hydrogens (primary N) is 1. The molecule has 0 aliphatic carbocycles. The number of aliphatic imine (C=N–C) groups is 1. The van der Waals surface area contributed by atoms with Crippen LogP contribution in [0.2, 0.25) is 0 Å². The van der Waals surface area contributed by atoms with Gasteiger partial charge in [0.2, 0.25) is 5.91 Å². The number of carbonyl (C=O) groups is 1. The number of guanidine groups is 1. The van der Waals surface area contributed by atoms with Gasteiger partial charge in [0.05, 0.1) is 16.6 Å². The van der Waals surface area contributed by atoms with E-state index in [1.54, 1.807) is 18.4 Å². The minimum atomic E-state index is -0.179. The van der Waals surface area contributed by atoms with Crippen molar-refractivity contribution in [2.24, 2.45) is 16.6 Å². The van der Waals surface area contributed by atoms with Crippen LogP contribution in [-0.2, 0) is 24.3 Å². The first-order chi connectivity index (χ1) is 14.9. The predicted octanol–water partition coefficient (Wildman–Crippen LogP) is 2.36. The summed E-state index contributed by atoms with van der Waals surface area (Å²) in [5.41, 5.74) is 9.09. The third kappa shape index (κ3) is 7.04. The van der Waals surface area contributed by atoms with Gasteiger partial charge in [-0.25, -0.2) is 4.98 Å². The summed E-state index contributed by atoms with van der Waals surface area (Å²) in [6.45, 7) is 8.28. The van der Waals surface area contributed by atoms with Crippen LogP contribution in [-0.4, -0.2) is 48.4 Å². The number of likely N-dealkylation sites (tertiary alicyclic amines) is 1. The normalized spacial score (nSPS) is 17.5. The Hall–Kier alpha value is -2.45. The van der Waals surface area contributed by atoms with E-state index < -0.39 is 0 Å². The highest BCUT2D eigenvalue weighted by atomic mass is 32.1. The first-order valence-electron chi connectivity index (χ1n) is 10.9. The Labute approximate surface area is 189 Å². The molecular formula is C23H34N6OS. The number of hydrogen-bond acceptors (Lipinski definition) is 5. The molecule has 1 saturated heterocycles. The van der Waals surface area contributed by atoms with E-state index in [1.807, 2.05) is 0 Å². The van der Waals surface area contributed by atoms with Crippen molar-refractivity contribution in [3.63, 3.8) is 0 Å². The zero-order chi connectivity index (χ0) is 22.2. The van der Waals surface area contributed by atoms with E-state index in [-0.39, 0.29) is 11.8 Å². The van der Waals surface area contributed by atoms with Crippen molar-refractivity contribution in [2.45, 2.75) is 46.2 Å². The Balaban J connectivity index is 1.46. The summed E-state index contributed by atoms with van der Waals surface area (Å²) in [4.78, 5) is 24.0. The van der Waals surface area contributed by atoms with Crippen LogP contribution < -0.4 is 16.4 Å². The second-order valence-corrected chi connectivity index (χ2v) is 9.44. The molecule has 168 valence electrons. The lowest BCUT2D eigenvalue weighted by Crippen LogP contribution is -2.40. The Morgan fingerprint density at radius 1 is 1.32 bits per heavy atom. The average Bonchev–Trinajstić information content (AvgIpc) is 3.08. The van der Waals surface area contributed by atoms with Crippen LogP contribution in [0.15, 0.2) is 29.3 Å². The number of nitrogens with one attached hydrogen (secondary N) is 2. The lowest BCUT2D eigenvalue weighted by molar-refractivity contribution is -0.123. The number of benzene rings is 1. The highest BCUT2D eigenvalue weighted by Gasteiger charge is 2.23. The fraction of sp³-hybridized carbons (Fsp3) is 0.522. The van der Waals surface area contributed by atoms with E-state index in [9.17, 15) is 4.79 Å². The third-order valence-corrected chi connectivity index (χ3v) is 6.83. The minimum absolute atomic E-state index is 0.0230. The van der Waals surface area contributed by atoms with Crippen molar-refractivity contribution in [3.8, 4) is 0 Å². The number of aromatic nitrogens is 1. The lowest BCUT2D eigenvalue weighted by atomic mass is 9.97. The SMILES string of the molecule is CN=C(NCCc1nc(C)c(C)s1)NCc1cccc(CN2CCCC(C(N)=O)C2)c1. The smallest absolute Gasteiger partial charge is 0.221 e. The summed E-state index contributed by atoms with van der Waals surface area (Å²) >= 11 is 1.76. The molecule has 1 fully saturated rings. The molecule has 4 N–H and O–H groups in total. The van der Waals surface area contributed by atoms with Gasteiger partial charge in [-0.3, -0.25) is 14.7 Å². The molecule has 1 aromatic heterocycles. The Kier molecular flexibility index (Phi) is 8.43. The van der Waals surface area contributed by atoms with Gasteiger partial charge in [-0.1, -0.05) is 24.3 Å². The zero-order valence-corrected chi connectivity index (χ0v) is 19.6. The largest absolute Gasteiger partial charge is 0.369 e. The molecule has 3 rings (SSSR count). The van der Waals surface area contributed by atoms with Crippen molar-refractivity contribution in [2.75, 3.05) is 26.7 Å². The fourth-order valence-electron chi connectivity index (χ4n) is 3.87. The van der Waals surface area contributed by atoms with E-state index >= 15 is 0 Å². The number of piperidine rings is 1. The molecule has 1 aliphatic rings. The van der Waals surface area contributed by atoms with Crippen LogP contribution in [0.3, 0.4) is 0 Å². The molecule has 1 aliphatic heterocycles. The van der Waals surface area contributed by atoms with Crippen LogP contribution in [0, 0.1) is 19.8 Å². The van der Waals surface area contributed by atoms with Crippen LogP contribution in [0.5, 0.6) is 0 Å². The molecule has 1 amide bonds. The number of aryl methyl sites for hydroxylation is 2. The Morgan fingerprint density at radius 2 is 2.13 bits per heavy atom. The number of hydrogen-bond donors (Lipinski definition) is 3. The maximum atomic E-state index is 11.5. The van der Waals surface area contributed by atoms with Gasteiger partial charge in [0, 0.05) is 44.5 Å². The highest BCUT2D eigenvalue weighted by Crippen LogP contribution is 2.19. The molecule has 31 heavy (non-hydrogen) atoms. The summed E-state index contributed by atoms with van der Waals surface area (Å²) in [5, 5.41) is 7.91. The Morgan fingerprint density at radius 3 is 2.84 bits per heavy atom. The van der Waals surface area contributed by atoms with Crippen LogP contribution in [0.25, 0.3) is 0 Å². The number of nitrogens with zero attached hydrogens (tertiary/aromatic N) is 3. The number of rotatable bonds is 8. The molecule has 0 spiro atoms. The molecule has 1 atom stereocenters. The zero-order valence-electron chi connectivity index (χ0n) is 18.8. The highest BCUT2D eigenvalue weighted by molar-refractivity contribution is 7.11. The van der Waals surface area contributed by atoms with Gasteiger partial charge in [-0.05, 0) is 44.4 Å². The second-order valence-electron chi connectivity index (χ2n) is 8.15. The maximum absolute atomic E-state index is 11.5. The van der Waals surface area contributed by atoms with E-state index in [1.165, 1.54) is 16.0 Å². The summed E-state index contributed by atoms with van der Waals surface area (Å²) in [6, 6.07) is 8.57. The quantitative estimate of drug-likeness (QED) is 0.431. The number of carbonyl (C=O) groups excluding carboxylic acids is 1. The van der Waals surface area contributed by atoms with Crippen molar-refractivity contribution in [1.29, 1.82) is 0 Å². The van der Waals surface area contributed by atoms with Crippen molar-refractivity contribution >= 4 is 23.2 Å². The van der Waals surface area contributed by atoms with E-state index in [4.69, 9.17) is 5.73 Å². The third-order valence-electron chi connectivity index (χ3n) is 5.69. The Bertz CT molecular complexity index is 890. The minimum Gasteiger partial charge on any atom is -0.369 e. The molecule has 1 unspecified atom stereocenters. The average molecular weight is 443 g/mol. The topological polar surface area (TPSA) is 95.6 Å². The van der Waals surface area contributed by atoms with Crippen molar-refractivity contribution < 1.29 is 4.79 Å². The van der Waals surface area contributed by atoms with Gasteiger partial charge in [-0.15, -0.1) is 11.3 Å². The van der Waals surface area contributed by atoms with Crippen molar-refractivity contribution in [3.05, 3.63) is 51.0 Å². The summed E-state index contributed by atoms with van der Waals surface area (Å²) < 4.78 is 0. The van der Waals surface area contributed by atoms with Crippen LogP contribution in [0.4, 0.5) is 0 Å². The molecule has 7 nitrogen and oxygen atoms in total. The maximum Gasteiger partial charge on any atom is 0.221 e. The monoisotopic (exact) mass is 442 g/mol. The molecule has 2 aromatic rings. The molecule has 0 radical (unpaired) electrons. The first-order valence-corrected chi connectivity index (χ1v) is 11.7. The first kappa shape index (κ1) is 23.2. The molecule has 0 saturated carbocycles.